The number of nitrogens with zero attached hydrogens (tertiary/aromatic N) is 4. The lowest BCUT2D eigenvalue weighted by molar-refractivity contribution is 0.0392. The maximum absolute atomic E-state index is 13.0. The standard InChI is InChI=1S/C23H25ClN4O2/c1-15-14-27(12-13-28(15)23(30)17-8-4-6-10-19(17)24)16(2)21-25-20-11-7-5-9-18(20)22(29)26(21)3/h4-11,15-16H,12-14H2,1-3H3. The Bertz CT molecular complexity index is 1160. The van der Waals surface area contributed by atoms with Gasteiger partial charge in [0.25, 0.3) is 11.5 Å². The van der Waals surface area contributed by atoms with Crippen LogP contribution >= 0.6 is 11.6 Å². The van der Waals surface area contributed by atoms with E-state index in [0.29, 0.717) is 41.1 Å². The molecule has 0 N–H and O–H groups in total. The van der Waals surface area contributed by atoms with Crippen LogP contribution in [0.2, 0.25) is 5.02 Å². The molecule has 4 rings (SSSR count). The zero-order valence-electron chi connectivity index (χ0n) is 17.4. The van der Waals surface area contributed by atoms with Gasteiger partial charge in [-0.2, -0.15) is 0 Å². The fourth-order valence-electron chi connectivity index (χ4n) is 4.20. The Morgan fingerprint density at radius 3 is 2.57 bits per heavy atom. The molecule has 0 radical (unpaired) electrons. The molecule has 2 atom stereocenters. The van der Waals surface area contributed by atoms with Crippen LogP contribution in [0.15, 0.2) is 53.3 Å². The largest absolute Gasteiger partial charge is 0.333 e. The van der Waals surface area contributed by atoms with Gasteiger partial charge in [0.05, 0.1) is 27.5 Å². The zero-order chi connectivity index (χ0) is 21.4. The summed E-state index contributed by atoms with van der Waals surface area (Å²) >= 11 is 6.23. The van der Waals surface area contributed by atoms with Crippen LogP contribution in [0.4, 0.5) is 0 Å². The van der Waals surface area contributed by atoms with E-state index in [1.807, 2.05) is 42.2 Å². The summed E-state index contributed by atoms with van der Waals surface area (Å²) in [5, 5.41) is 1.10. The summed E-state index contributed by atoms with van der Waals surface area (Å²) in [4.78, 5) is 34.7. The number of hydrogen-bond donors (Lipinski definition) is 0. The van der Waals surface area contributed by atoms with Crippen molar-refractivity contribution in [2.75, 3.05) is 19.6 Å². The van der Waals surface area contributed by atoms with Crippen LogP contribution in [0.1, 0.15) is 36.1 Å². The number of piperazine rings is 1. The van der Waals surface area contributed by atoms with Crippen LogP contribution in [-0.2, 0) is 7.05 Å². The highest BCUT2D eigenvalue weighted by atomic mass is 35.5. The van der Waals surface area contributed by atoms with Gasteiger partial charge in [0.15, 0.2) is 0 Å². The molecule has 0 saturated carbocycles. The first-order valence-corrected chi connectivity index (χ1v) is 10.5. The summed E-state index contributed by atoms with van der Waals surface area (Å²) < 4.78 is 1.64. The fourth-order valence-corrected chi connectivity index (χ4v) is 4.42. The van der Waals surface area contributed by atoms with Crippen molar-refractivity contribution in [1.82, 2.24) is 19.4 Å². The van der Waals surface area contributed by atoms with E-state index in [9.17, 15) is 9.59 Å². The van der Waals surface area contributed by atoms with Crippen LogP contribution in [0.3, 0.4) is 0 Å². The summed E-state index contributed by atoms with van der Waals surface area (Å²) in [6, 6.07) is 14.5. The third kappa shape index (κ3) is 3.61. The van der Waals surface area contributed by atoms with E-state index in [0.717, 1.165) is 5.82 Å². The Balaban J connectivity index is 1.56. The topological polar surface area (TPSA) is 58.4 Å². The Labute approximate surface area is 180 Å². The molecule has 0 bridgehead atoms. The molecule has 1 amide bonds. The van der Waals surface area contributed by atoms with E-state index < -0.39 is 0 Å². The molecule has 30 heavy (non-hydrogen) atoms. The van der Waals surface area contributed by atoms with E-state index >= 15 is 0 Å². The minimum absolute atomic E-state index is 0.0162. The molecule has 2 aromatic carbocycles. The predicted molar refractivity (Wildman–Crippen MR) is 119 cm³/mol. The van der Waals surface area contributed by atoms with Gasteiger partial charge in [-0.15, -0.1) is 0 Å². The first-order chi connectivity index (χ1) is 14.4. The van der Waals surface area contributed by atoms with Gasteiger partial charge in [-0.05, 0) is 38.1 Å². The van der Waals surface area contributed by atoms with Crippen molar-refractivity contribution < 1.29 is 4.79 Å². The second-order valence-electron chi connectivity index (χ2n) is 7.85. The Hall–Kier alpha value is -2.70. The highest BCUT2D eigenvalue weighted by Gasteiger charge is 2.32. The highest BCUT2D eigenvalue weighted by Crippen LogP contribution is 2.25. The van der Waals surface area contributed by atoms with E-state index in [1.165, 1.54) is 0 Å². The van der Waals surface area contributed by atoms with E-state index in [1.54, 1.807) is 29.8 Å². The molecule has 1 aromatic heterocycles. The van der Waals surface area contributed by atoms with Gasteiger partial charge in [0.1, 0.15) is 5.82 Å². The zero-order valence-corrected chi connectivity index (χ0v) is 18.1. The van der Waals surface area contributed by atoms with Crippen molar-refractivity contribution in [2.24, 2.45) is 7.05 Å². The van der Waals surface area contributed by atoms with Crippen molar-refractivity contribution >= 4 is 28.4 Å². The number of halogens is 1. The van der Waals surface area contributed by atoms with Gasteiger partial charge < -0.3 is 4.90 Å². The summed E-state index contributed by atoms with van der Waals surface area (Å²) in [6.07, 6.45) is 0. The number of rotatable bonds is 3. The molecule has 156 valence electrons. The quantitative estimate of drug-likeness (QED) is 0.645. The normalized spacial score (nSPS) is 18.5. The molecule has 1 aliphatic rings. The number of benzene rings is 2. The van der Waals surface area contributed by atoms with Gasteiger partial charge in [0, 0.05) is 32.7 Å². The maximum atomic E-state index is 13.0. The molecule has 3 aromatic rings. The van der Waals surface area contributed by atoms with Crippen LogP contribution in [0, 0.1) is 0 Å². The lowest BCUT2D eigenvalue weighted by Crippen LogP contribution is -2.54. The van der Waals surface area contributed by atoms with E-state index in [-0.39, 0.29) is 23.6 Å². The average molecular weight is 425 g/mol. The van der Waals surface area contributed by atoms with Crippen molar-refractivity contribution in [3.05, 3.63) is 75.3 Å². The van der Waals surface area contributed by atoms with Crippen LogP contribution in [-0.4, -0.2) is 50.9 Å². The number of hydrogen-bond acceptors (Lipinski definition) is 4. The monoisotopic (exact) mass is 424 g/mol. The molecular formula is C23H25ClN4O2. The Morgan fingerprint density at radius 2 is 1.83 bits per heavy atom. The molecule has 1 fully saturated rings. The Kier molecular flexibility index (Phi) is 5.62. The first-order valence-electron chi connectivity index (χ1n) is 10.1. The second-order valence-corrected chi connectivity index (χ2v) is 8.26. The molecule has 1 saturated heterocycles. The summed E-state index contributed by atoms with van der Waals surface area (Å²) in [5.74, 6) is 0.688. The van der Waals surface area contributed by atoms with Crippen LogP contribution in [0.5, 0.6) is 0 Å². The molecule has 2 unspecified atom stereocenters. The predicted octanol–water partition coefficient (Wildman–Crippen LogP) is 3.49. The lowest BCUT2D eigenvalue weighted by atomic mass is 10.1. The number of aromatic nitrogens is 2. The van der Waals surface area contributed by atoms with Crippen molar-refractivity contribution in [1.29, 1.82) is 0 Å². The number of carbonyl (C=O) groups is 1. The third-order valence-electron chi connectivity index (χ3n) is 5.96. The maximum Gasteiger partial charge on any atom is 0.261 e. The highest BCUT2D eigenvalue weighted by molar-refractivity contribution is 6.33. The van der Waals surface area contributed by atoms with Crippen molar-refractivity contribution in [3.63, 3.8) is 0 Å². The first kappa shape index (κ1) is 20.6. The molecule has 2 heterocycles. The summed E-state index contributed by atoms with van der Waals surface area (Å²) in [6.45, 7) is 6.09. The number of amides is 1. The van der Waals surface area contributed by atoms with Crippen molar-refractivity contribution in [2.45, 2.75) is 25.9 Å². The fraction of sp³-hybridized carbons (Fsp3) is 0.348. The molecule has 0 aliphatic carbocycles. The third-order valence-corrected chi connectivity index (χ3v) is 6.29. The van der Waals surface area contributed by atoms with E-state index in [2.05, 4.69) is 11.8 Å². The number of carbonyl (C=O) groups excluding carboxylic acids is 1. The number of para-hydroxylation sites is 1. The minimum Gasteiger partial charge on any atom is -0.333 e. The number of fused-ring (bicyclic) bond motifs is 1. The molecule has 7 heteroatoms. The lowest BCUT2D eigenvalue weighted by Gasteiger charge is -2.42. The summed E-state index contributed by atoms with van der Waals surface area (Å²) in [7, 11) is 1.77. The minimum atomic E-state index is -0.0488. The average Bonchev–Trinajstić information content (AvgIpc) is 2.75. The van der Waals surface area contributed by atoms with Crippen LogP contribution < -0.4 is 5.56 Å². The van der Waals surface area contributed by atoms with Gasteiger partial charge in [-0.3, -0.25) is 19.1 Å². The van der Waals surface area contributed by atoms with Crippen LogP contribution in [0.25, 0.3) is 10.9 Å². The van der Waals surface area contributed by atoms with Gasteiger partial charge >= 0.3 is 0 Å². The van der Waals surface area contributed by atoms with Gasteiger partial charge in [-0.1, -0.05) is 35.9 Å². The van der Waals surface area contributed by atoms with Gasteiger partial charge in [-0.25, -0.2) is 4.98 Å². The molecule has 6 nitrogen and oxygen atoms in total. The Morgan fingerprint density at radius 1 is 1.13 bits per heavy atom. The molecule has 0 spiro atoms. The molecule has 1 aliphatic heterocycles. The van der Waals surface area contributed by atoms with Crippen molar-refractivity contribution in [3.8, 4) is 0 Å². The van der Waals surface area contributed by atoms with Gasteiger partial charge in [0.2, 0.25) is 0 Å². The molecular weight excluding hydrogens is 400 g/mol. The summed E-state index contributed by atoms with van der Waals surface area (Å²) in [5.41, 5.74) is 1.21. The van der Waals surface area contributed by atoms with E-state index in [4.69, 9.17) is 16.6 Å². The smallest absolute Gasteiger partial charge is 0.261 e. The SMILES string of the molecule is CC(c1nc2ccccc2c(=O)n1C)N1CCN(C(=O)c2ccccc2Cl)C(C)C1. The second kappa shape index (κ2) is 8.20.